The lowest BCUT2D eigenvalue weighted by Crippen LogP contribution is -2.35. The first-order chi connectivity index (χ1) is 11.6. The molecule has 0 spiro atoms. The van der Waals surface area contributed by atoms with Gasteiger partial charge in [0, 0.05) is 30.9 Å². The maximum Gasteiger partial charge on any atom is 0.410 e. The van der Waals surface area contributed by atoms with Crippen LogP contribution in [0.25, 0.3) is 5.52 Å². The molecule has 3 rings (SSSR count). The summed E-state index contributed by atoms with van der Waals surface area (Å²) in [6.07, 6.45) is 1.54. The highest BCUT2D eigenvalue weighted by molar-refractivity contribution is 9.11. The molecule has 2 atom stereocenters. The third kappa shape index (κ3) is 3.62. The number of likely N-dealkylation sites (tertiary alicyclic amines) is 1. The van der Waals surface area contributed by atoms with Crippen LogP contribution in [-0.2, 0) is 4.74 Å². The summed E-state index contributed by atoms with van der Waals surface area (Å²) in [5, 5.41) is 0. The van der Waals surface area contributed by atoms with Gasteiger partial charge in [0.15, 0.2) is 4.73 Å². The Bertz CT molecular complexity index is 884. The van der Waals surface area contributed by atoms with Crippen LogP contribution in [0.2, 0.25) is 0 Å². The second-order valence-electron chi connectivity index (χ2n) is 7.40. The van der Waals surface area contributed by atoms with Gasteiger partial charge in [-0.1, -0.05) is 6.92 Å². The molecule has 1 saturated heterocycles. The molecule has 0 aliphatic carbocycles. The Morgan fingerprint density at radius 2 is 2.04 bits per heavy atom. The number of ether oxygens (including phenoxy) is 1. The first-order valence-corrected chi connectivity index (χ1v) is 9.59. The van der Waals surface area contributed by atoms with E-state index in [1.807, 2.05) is 27.0 Å². The molecule has 0 bridgehead atoms. The molecule has 0 aromatic carbocycles. The fourth-order valence-corrected chi connectivity index (χ4v) is 4.33. The van der Waals surface area contributed by atoms with Crippen molar-refractivity contribution in [2.75, 3.05) is 13.1 Å². The van der Waals surface area contributed by atoms with Crippen LogP contribution in [0, 0.1) is 5.92 Å². The predicted octanol–water partition coefficient (Wildman–Crippen LogP) is 3.52. The number of aromatic nitrogens is 3. The van der Waals surface area contributed by atoms with Gasteiger partial charge in [0.2, 0.25) is 0 Å². The quantitative estimate of drug-likeness (QED) is 0.684. The Hall–Kier alpha value is -1.35. The van der Waals surface area contributed by atoms with E-state index in [1.54, 1.807) is 9.30 Å². The lowest BCUT2D eigenvalue weighted by Gasteiger charge is -2.24. The number of H-pyrrole nitrogens is 1. The predicted molar refractivity (Wildman–Crippen MR) is 101 cm³/mol. The number of fused-ring (bicyclic) bond motifs is 1. The normalized spacial score (nSPS) is 21.1. The van der Waals surface area contributed by atoms with E-state index >= 15 is 0 Å². The summed E-state index contributed by atoms with van der Waals surface area (Å²) in [6.45, 7) is 8.71. The highest BCUT2D eigenvalue weighted by Gasteiger charge is 2.36. The van der Waals surface area contributed by atoms with Crippen LogP contribution in [0.15, 0.2) is 20.3 Å². The minimum atomic E-state index is -0.528. The SMILES string of the molecule is C[C@@H]1CN(C(=O)OC(C)(C)C)C[C@H]1c1cn2c(Br)nc(Br)c2c(=O)[nH]1. The summed E-state index contributed by atoms with van der Waals surface area (Å²) < 4.78 is 8.21. The van der Waals surface area contributed by atoms with Crippen molar-refractivity contribution in [1.82, 2.24) is 19.3 Å². The van der Waals surface area contributed by atoms with Crippen molar-refractivity contribution in [2.45, 2.75) is 39.2 Å². The van der Waals surface area contributed by atoms with E-state index in [1.165, 1.54) is 0 Å². The molecule has 25 heavy (non-hydrogen) atoms. The highest BCUT2D eigenvalue weighted by atomic mass is 79.9. The van der Waals surface area contributed by atoms with Gasteiger partial charge in [0.05, 0.1) is 0 Å². The van der Waals surface area contributed by atoms with Crippen molar-refractivity contribution < 1.29 is 9.53 Å². The molecule has 3 heterocycles. The van der Waals surface area contributed by atoms with Gasteiger partial charge >= 0.3 is 6.09 Å². The molecular weight excluding hydrogens is 456 g/mol. The van der Waals surface area contributed by atoms with Gasteiger partial charge < -0.3 is 14.6 Å². The number of halogens is 2. The number of imidazole rings is 1. The minimum absolute atomic E-state index is 0.0256. The summed E-state index contributed by atoms with van der Waals surface area (Å²) in [5.41, 5.74) is 0.483. The summed E-state index contributed by atoms with van der Waals surface area (Å²) in [7, 11) is 0. The van der Waals surface area contributed by atoms with Crippen molar-refractivity contribution in [1.29, 1.82) is 0 Å². The second-order valence-corrected chi connectivity index (χ2v) is 8.86. The zero-order valence-corrected chi connectivity index (χ0v) is 17.6. The molecule has 7 nitrogen and oxygen atoms in total. The molecule has 2 aromatic rings. The molecule has 1 N–H and O–H groups in total. The standard InChI is InChI=1S/C16H20Br2N4O3/c1-8-5-21(15(24)25-16(2,3)4)6-9(8)10-7-22-11(13(23)19-10)12(17)20-14(22)18/h7-9H,5-6H2,1-4H3,(H,19,23)/t8-,9-/m1/s1. The Morgan fingerprint density at radius 3 is 2.68 bits per heavy atom. The zero-order chi connectivity index (χ0) is 18.5. The Labute approximate surface area is 162 Å². The fraction of sp³-hybridized carbons (Fsp3) is 0.562. The number of amides is 1. The number of carbonyl (C=O) groups is 1. The van der Waals surface area contributed by atoms with E-state index in [0.29, 0.717) is 27.9 Å². The number of nitrogens with one attached hydrogen (secondary N) is 1. The summed E-state index contributed by atoms with van der Waals surface area (Å²) >= 11 is 6.66. The van der Waals surface area contributed by atoms with Crippen molar-refractivity contribution >= 4 is 43.5 Å². The second kappa shape index (κ2) is 6.42. The number of hydrogen-bond acceptors (Lipinski definition) is 4. The van der Waals surface area contributed by atoms with Crippen LogP contribution >= 0.6 is 31.9 Å². The molecule has 0 unspecified atom stereocenters. The maximum absolute atomic E-state index is 12.4. The Kier molecular flexibility index (Phi) is 4.74. The van der Waals surface area contributed by atoms with Gasteiger partial charge in [-0.15, -0.1) is 0 Å². The van der Waals surface area contributed by atoms with Gasteiger partial charge in [-0.3, -0.25) is 9.20 Å². The molecule has 1 aliphatic rings. The molecule has 0 saturated carbocycles. The smallest absolute Gasteiger partial charge is 0.410 e. The first-order valence-electron chi connectivity index (χ1n) is 8.01. The van der Waals surface area contributed by atoms with Crippen LogP contribution in [0.4, 0.5) is 4.79 Å². The van der Waals surface area contributed by atoms with Gasteiger partial charge in [-0.2, -0.15) is 0 Å². The van der Waals surface area contributed by atoms with Crippen LogP contribution < -0.4 is 5.56 Å². The molecular formula is C16H20Br2N4O3. The maximum atomic E-state index is 12.4. The van der Waals surface area contributed by atoms with Gasteiger partial charge in [0.1, 0.15) is 15.7 Å². The topological polar surface area (TPSA) is 79.7 Å². The molecule has 9 heteroatoms. The van der Waals surface area contributed by atoms with Crippen LogP contribution in [0.1, 0.15) is 39.3 Å². The van der Waals surface area contributed by atoms with E-state index in [0.717, 1.165) is 5.69 Å². The minimum Gasteiger partial charge on any atom is -0.444 e. The van der Waals surface area contributed by atoms with Gasteiger partial charge in [-0.05, 0) is 58.5 Å². The molecule has 1 amide bonds. The van der Waals surface area contributed by atoms with Crippen molar-refractivity contribution in [3.05, 3.63) is 31.6 Å². The number of hydrogen-bond donors (Lipinski definition) is 1. The third-order valence-electron chi connectivity index (χ3n) is 4.23. The van der Waals surface area contributed by atoms with Gasteiger partial charge in [0.25, 0.3) is 5.56 Å². The summed E-state index contributed by atoms with van der Waals surface area (Å²) in [5.74, 6) is 0.226. The summed E-state index contributed by atoms with van der Waals surface area (Å²) in [4.78, 5) is 33.6. The number of rotatable bonds is 1. The third-order valence-corrected chi connectivity index (χ3v) is 5.34. The van der Waals surface area contributed by atoms with E-state index in [2.05, 4.69) is 48.8 Å². The first kappa shape index (κ1) is 18.4. The molecule has 1 fully saturated rings. The van der Waals surface area contributed by atoms with E-state index in [-0.39, 0.29) is 23.5 Å². The van der Waals surface area contributed by atoms with E-state index in [4.69, 9.17) is 4.74 Å². The van der Waals surface area contributed by atoms with Crippen LogP contribution in [-0.4, -0.2) is 44.1 Å². The number of aromatic amines is 1. The van der Waals surface area contributed by atoms with E-state index < -0.39 is 5.60 Å². The molecule has 2 aromatic heterocycles. The fourth-order valence-electron chi connectivity index (χ4n) is 3.10. The van der Waals surface area contributed by atoms with Crippen LogP contribution in [0.3, 0.4) is 0 Å². The average molecular weight is 476 g/mol. The van der Waals surface area contributed by atoms with Crippen LogP contribution in [0.5, 0.6) is 0 Å². The number of nitrogens with zero attached hydrogens (tertiary/aromatic N) is 3. The number of carbonyl (C=O) groups excluding carboxylic acids is 1. The monoisotopic (exact) mass is 474 g/mol. The Balaban J connectivity index is 1.90. The zero-order valence-electron chi connectivity index (χ0n) is 14.5. The molecule has 136 valence electrons. The van der Waals surface area contributed by atoms with Gasteiger partial charge in [-0.25, -0.2) is 9.78 Å². The van der Waals surface area contributed by atoms with Crippen molar-refractivity contribution in [3.63, 3.8) is 0 Å². The van der Waals surface area contributed by atoms with Crippen molar-refractivity contribution in [3.8, 4) is 0 Å². The summed E-state index contributed by atoms with van der Waals surface area (Å²) in [6, 6.07) is 0. The average Bonchev–Trinajstić information content (AvgIpc) is 2.98. The lowest BCUT2D eigenvalue weighted by atomic mass is 9.95. The van der Waals surface area contributed by atoms with Crippen molar-refractivity contribution in [2.24, 2.45) is 5.92 Å². The molecule has 0 radical (unpaired) electrons. The largest absolute Gasteiger partial charge is 0.444 e. The Morgan fingerprint density at radius 1 is 1.36 bits per heavy atom. The lowest BCUT2D eigenvalue weighted by molar-refractivity contribution is 0.0287. The highest BCUT2D eigenvalue weighted by Crippen LogP contribution is 2.32. The molecule has 1 aliphatic heterocycles. The van der Waals surface area contributed by atoms with E-state index in [9.17, 15) is 9.59 Å².